The average Bonchev–Trinajstić information content (AvgIpc) is 0.677. The number of esters is 2. The lowest BCUT2D eigenvalue weighted by atomic mass is 9.33. The predicted octanol–water partition coefficient (Wildman–Crippen LogP) is -1.19. The number of ether oxygens (including phenoxy) is 11. The molecule has 5 aliphatic heterocycles. The predicted molar refractivity (Wildman–Crippen MR) is 307 cm³/mol. The molecule has 14 N–H and O–H groups in total. The number of unbranched alkanes of at least 4 members (excludes halogenated alkanes) is 1. The van der Waals surface area contributed by atoms with Crippen LogP contribution in [0.2, 0.25) is 0 Å². The molecule has 32 atom stereocenters. The molecular formula is C63H102O27. The number of fused-ring (bicyclic) bond motifs is 7. The minimum atomic E-state index is -1.95. The fraction of sp³-hybridized carbons (Fsp3) is 0.937. The highest BCUT2D eigenvalue weighted by Gasteiger charge is 2.71. The summed E-state index contributed by atoms with van der Waals surface area (Å²) in [6, 6.07) is 0. The fourth-order valence-corrected chi connectivity index (χ4v) is 18.0. The van der Waals surface area contributed by atoms with E-state index in [1.807, 2.05) is 6.92 Å². The summed E-state index contributed by atoms with van der Waals surface area (Å²) in [6.07, 6.45) is -31.5. The highest BCUT2D eigenvalue weighted by atomic mass is 16.8. The van der Waals surface area contributed by atoms with Gasteiger partial charge in [-0.25, -0.2) is 4.79 Å². The zero-order valence-corrected chi connectivity index (χ0v) is 53.1. The van der Waals surface area contributed by atoms with Crippen molar-refractivity contribution in [1.29, 1.82) is 0 Å². The summed E-state index contributed by atoms with van der Waals surface area (Å²) in [5.74, 6) is -1.71. The molecule has 27 heteroatoms. The number of hydrogen-bond donors (Lipinski definition) is 14. The Kier molecular flexibility index (Phi) is 20.9. The summed E-state index contributed by atoms with van der Waals surface area (Å²) in [5.41, 5.74) is -1.74. The second-order valence-electron chi connectivity index (χ2n) is 29.8. The van der Waals surface area contributed by atoms with Crippen LogP contribution in [-0.4, -0.2) is 263 Å². The van der Waals surface area contributed by atoms with Gasteiger partial charge in [0.2, 0.25) is 6.29 Å². The zero-order chi connectivity index (χ0) is 65.7. The van der Waals surface area contributed by atoms with Gasteiger partial charge in [-0.15, -0.1) is 0 Å². The lowest BCUT2D eigenvalue weighted by molar-refractivity contribution is -0.394. The Morgan fingerprint density at radius 1 is 0.578 bits per heavy atom. The highest BCUT2D eigenvalue weighted by Crippen LogP contribution is 2.76. The van der Waals surface area contributed by atoms with E-state index in [0.717, 1.165) is 12.8 Å². The van der Waals surface area contributed by atoms with E-state index in [0.29, 0.717) is 64.2 Å². The first-order valence-corrected chi connectivity index (χ1v) is 32.6. The largest absolute Gasteiger partial charge is 0.464 e. The van der Waals surface area contributed by atoms with E-state index >= 15 is 4.79 Å². The van der Waals surface area contributed by atoms with Crippen LogP contribution in [0.5, 0.6) is 0 Å². The third kappa shape index (κ3) is 12.2. The molecule has 5 aliphatic carbocycles. The maximum atomic E-state index is 15.4. The van der Waals surface area contributed by atoms with Crippen LogP contribution in [0.25, 0.3) is 0 Å². The van der Waals surface area contributed by atoms with Gasteiger partial charge >= 0.3 is 11.9 Å². The average molecular weight is 1290 g/mol. The van der Waals surface area contributed by atoms with Crippen molar-refractivity contribution in [3.8, 4) is 0 Å². The molecule has 5 heterocycles. The van der Waals surface area contributed by atoms with Crippen molar-refractivity contribution >= 4 is 11.9 Å². The highest BCUT2D eigenvalue weighted by molar-refractivity contribution is 5.79. The Hall–Kier alpha value is -2.24. The first-order valence-electron chi connectivity index (χ1n) is 32.6. The van der Waals surface area contributed by atoms with E-state index in [9.17, 15) is 76.3 Å². The van der Waals surface area contributed by atoms with E-state index in [4.69, 9.17) is 52.1 Å². The van der Waals surface area contributed by atoms with Crippen LogP contribution in [-0.2, 0) is 61.7 Å². The summed E-state index contributed by atoms with van der Waals surface area (Å²) in [7, 11) is 0. The van der Waals surface area contributed by atoms with Crippen molar-refractivity contribution in [1.82, 2.24) is 0 Å². The summed E-state index contributed by atoms with van der Waals surface area (Å²) in [5, 5.41) is 152. The van der Waals surface area contributed by atoms with Gasteiger partial charge in [-0.05, 0) is 122 Å². The number of aliphatic hydroxyl groups is 14. The molecule has 0 radical (unpaired) electrons. The minimum absolute atomic E-state index is 0.00568. The van der Waals surface area contributed by atoms with E-state index < -0.39 is 202 Å². The molecule has 27 nitrogen and oxygen atoms in total. The molecule has 516 valence electrons. The van der Waals surface area contributed by atoms with E-state index in [1.165, 1.54) is 12.5 Å². The number of carbonyl (C=O) groups is 2. The Balaban J connectivity index is 0.910. The van der Waals surface area contributed by atoms with Crippen LogP contribution in [0, 0.1) is 50.2 Å². The lowest BCUT2D eigenvalue weighted by Crippen LogP contribution is -2.68. The fourth-order valence-electron chi connectivity index (χ4n) is 18.0. The van der Waals surface area contributed by atoms with Crippen LogP contribution in [0.1, 0.15) is 139 Å². The van der Waals surface area contributed by atoms with E-state index in [1.54, 1.807) is 0 Å². The second-order valence-corrected chi connectivity index (χ2v) is 29.8. The molecule has 90 heavy (non-hydrogen) atoms. The van der Waals surface area contributed by atoms with Crippen molar-refractivity contribution in [3.05, 3.63) is 11.6 Å². The second kappa shape index (κ2) is 26.6. The molecule has 4 saturated carbocycles. The molecule has 10 rings (SSSR count). The lowest BCUT2D eigenvalue weighted by Gasteiger charge is -2.71. The van der Waals surface area contributed by atoms with Crippen molar-refractivity contribution in [3.63, 3.8) is 0 Å². The number of allylic oxidation sites excluding steroid dienone is 2. The molecule has 0 aromatic carbocycles. The minimum Gasteiger partial charge on any atom is -0.464 e. The third-order valence-electron chi connectivity index (χ3n) is 23.8. The van der Waals surface area contributed by atoms with E-state index in [2.05, 4.69) is 54.5 Å². The van der Waals surface area contributed by atoms with Crippen LogP contribution >= 0.6 is 0 Å². The van der Waals surface area contributed by atoms with Gasteiger partial charge in [-0.1, -0.05) is 73.5 Å². The quantitative estimate of drug-likeness (QED) is 0.0374. The van der Waals surface area contributed by atoms with Crippen molar-refractivity contribution in [2.75, 3.05) is 26.4 Å². The van der Waals surface area contributed by atoms with Gasteiger partial charge < -0.3 is 124 Å². The number of aliphatic hydroxyl groups excluding tert-OH is 14. The molecular weight excluding hydrogens is 1190 g/mol. The topological polar surface area (TPSA) is 419 Å². The summed E-state index contributed by atoms with van der Waals surface area (Å²) in [6.45, 7) is 17.1. The van der Waals surface area contributed by atoms with Gasteiger partial charge in [-0.3, -0.25) is 4.79 Å². The maximum absolute atomic E-state index is 15.4. The molecule has 10 aliphatic rings. The molecule has 9 fully saturated rings. The molecule has 0 spiro atoms. The number of rotatable bonds is 16. The summed E-state index contributed by atoms with van der Waals surface area (Å²) in [4.78, 5) is 29.1. The van der Waals surface area contributed by atoms with Crippen LogP contribution in [0.3, 0.4) is 0 Å². The van der Waals surface area contributed by atoms with Crippen molar-refractivity contribution in [2.45, 2.75) is 293 Å². The molecule has 0 unspecified atom stereocenters. The standard InChI is InChI=1S/C63H102O27/c1-10-11-22-80-51(78)47-43(74)44(75)50(89-54-48(41(72)36(67)27(2)82-54)88-53-46(77)40(71)38(69)31(24-64)83-53)56(86-47)85-35-15-16-60(7)33(59(35,5)6)14-17-62(9)34(60)13-12-28-29-23-58(3,4)18-20-63(29,21-19-61(28,62)8)57(79)90-55-49(42(73)39(70)32(25-65)84-55)87-52-45(76)37(68)30(66)26-81-52/h12,27,29-50,52-56,64-77H,10-11,13-26H2,1-9H3/t27-,29-,30+,31+,32+,33-,34+,35-,36-,37-,38+,39+,40-,41+,42-,43-,44-,45+,46+,47-,48+,49+,50+,52-,53-,54-,55-,56+,60-,61+,62+,63-/m0/s1. The Morgan fingerprint density at radius 2 is 1.16 bits per heavy atom. The van der Waals surface area contributed by atoms with Gasteiger partial charge in [0.15, 0.2) is 37.4 Å². The number of carbonyl (C=O) groups excluding carboxylic acids is 2. The summed E-state index contributed by atoms with van der Waals surface area (Å²) >= 11 is 0. The first kappa shape index (κ1) is 70.6. The van der Waals surface area contributed by atoms with Crippen LogP contribution in [0.4, 0.5) is 0 Å². The Bertz CT molecular complexity index is 2520. The van der Waals surface area contributed by atoms with E-state index in [-0.39, 0.29) is 40.6 Å². The van der Waals surface area contributed by atoms with Gasteiger partial charge in [0.25, 0.3) is 0 Å². The molecule has 0 aromatic rings. The SMILES string of the molecule is CCCCOC(=O)[C@H]1O[C@@H](O[C@H]2CC[C@]3(C)[C@H]4CC=C5[C@@H]6CC(C)(C)CC[C@]6(C(=O)O[C@@H]6O[C@H](CO)[C@@H](O)[C@H](O)[C@H]6O[C@@H]6OC[C@@H](O)[C@H](O)[C@H]6O)CC[C@@]5(C)[C@]4(C)CC[C@H]3C2(C)C)[C@H](O[C@@H]2O[C@@H](C)[C@H](O)[C@@H](O)[C@H]2O[C@@H]2O[C@H](CO)[C@@H](O)[C@H](O)[C@H]2O)[C@@H](O)[C@@H]1O. The molecule has 0 bridgehead atoms. The molecule has 0 amide bonds. The van der Waals surface area contributed by atoms with Gasteiger partial charge in [0, 0.05) is 0 Å². The Labute approximate surface area is 524 Å². The third-order valence-corrected chi connectivity index (χ3v) is 23.8. The van der Waals surface area contributed by atoms with Gasteiger partial charge in [0.05, 0.1) is 44.1 Å². The van der Waals surface area contributed by atoms with Gasteiger partial charge in [0.1, 0.15) is 97.7 Å². The molecule has 0 aromatic heterocycles. The van der Waals surface area contributed by atoms with Crippen LogP contribution in [0.15, 0.2) is 11.6 Å². The normalized spacial score (nSPS) is 51.7. The number of hydrogen-bond acceptors (Lipinski definition) is 27. The van der Waals surface area contributed by atoms with Crippen molar-refractivity contribution < 1.29 is 133 Å². The zero-order valence-electron chi connectivity index (χ0n) is 53.1. The first-order chi connectivity index (χ1) is 42.2. The van der Waals surface area contributed by atoms with Crippen molar-refractivity contribution in [2.24, 2.45) is 50.2 Å². The van der Waals surface area contributed by atoms with Crippen LogP contribution < -0.4 is 0 Å². The monoisotopic (exact) mass is 1290 g/mol. The summed E-state index contributed by atoms with van der Waals surface area (Å²) < 4.78 is 66.7. The maximum Gasteiger partial charge on any atom is 0.338 e. The smallest absolute Gasteiger partial charge is 0.338 e. The Morgan fingerprint density at radius 3 is 1.82 bits per heavy atom. The van der Waals surface area contributed by atoms with Gasteiger partial charge in [-0.2, -0.15) is 0 Å². The molecule has 5 saturated heterocycles.